The normalized spacial score (nSPS) is 14.9. The first kappa shape index (κ1) is 32.5. The average Bonchev–Trinajstić information content (AvgIpc) is 2.57. The fourth-order valence-electron chi connectivity index (χ4n) is 3.73. The predicted molar refractivity (Wildman–Crippen MR) is 135 cm³/mol. The van der Waals surface area contributed by atoms with Crippen LogP contribution in [0, 0.1) is 0 Å². The van der Waals surface area contributed by atoms with Gasteiger partial charge in [-0.15, -0.1) is 0 Å². The third kappa shape index (κ3) is 17.9. The minimum Gasteiger partial charge on any atom is -0.436 e. The minimum atomic E-state index is -2.40. The topological polar surface area (TPSA) is 127 Å². The average molecular weight is 533 g/mol. The van der Waals surface area contributed by atoms with E-state index in [1.54, 1.807) is 0 Å². The van der Waals surface area contributed by atoms with Gasteiger partial charge in [0.2, 0.25) is 0 Å². The van der Waals surface area contributed by atoms with Crippen molar-refractivity contribution in [2.24, 2.45) is 0 Å². The molecule has 13 heteroatoms. The van der Waals surface area contributed by atoms with Gasteiger partial charge in [-0.2, -0.15) is 0 Å². The van der Waals surface area contributed by atoms with Crippen molar-refractivity contribution in [3.8, 4) is 0 Å². The predicted octanol–water partition coefficient (Wildman–Crippen LogP) is 2.33. The first-order chi connectivity index (χ1) is 14.5. The van der Waals surface area contributed by atoms with E-state index in [2.05, 4.69) is 52.4 Å². The lowest BCUT2D eigenvalue weighted by Crippen LogP contribution is -2.56. The number of hydrogen-bond acceptors (Lipinski definition) is 9. The summed E-state index contributed by atoms with van der Waals surface area (Å²) < 4.78 is 30.3. The Labute approximate surface area is 198 Å². The molecule has 0 saturated carbocycles. The maximum Gasteiger partial charge on any atom is 0.312 e. The van der Waals surface area contributed by atoms with Gasteiger partial charge in [0.1, 0.15) is 6.10 Å². The Morgan fingerprint density at radius 2 is 1.03 bits per heavy atom. The number of rotatable bonds is 19. The van der Waals surface area contributed by atoms with Gasteiger partial charge in [0.15, 0.2) is 22.9 Å². The molecular weight excluding hydrogens is 485 g/mol. The molecular formula is C19H48O9Si4. The second kappa shape index (κ2) is 14.8. The first-order valence-electron chi connectivity index (χ1n) is 11.4. The number of aliphatic hydroxyl groups excluding tert-OH is 3. The van der Waals surface area contributed by atoms with Crippen molar-refractivity contribution in [3.63, 3.8) is 0 Å². The Bertz CT molecular complexity index is 505. The van der Waals surface area contributed by atoms with E-state index in [0.29, 0.717) is 13.2 Å². The smallest absolute Gasteiger partial charge is 0.312 e. The Kier molecular flexibility index (Phi) is 15.0. The maximum absolute atomic E-state index is 9.32. The fraction of sp³-hybridized carbons (Fsp3) is 1.00. The van der Waals surface area contributed by atoms with Crippen LogP contribution in [0.25, 0.3) is 0 Å². The zero-order valence-corrected chi connectivity index (χ0v) is 25.3. The summed E-state index contributed by atoms with van der Waals surface area (Å²) in [6, 6.07) is 1.83. The molecule has 0 aliphatic heterocycles. The molecule has 194 valence electrons. The van der Waals surface area contributed by atoms with Crippen LogP contribution >= 0.6 is 0 Å². The quantitative estimate of drug-likeness (QED) is 0.113. The SMILES string of the molecule is C[Si](C)(CCCOCC(O)O)O[Si](C)(C)O[Si](C)(C)O[Si](C)(C)CCCOCC(O)CO. The van der Waals surface area contributed by atoms with E-state index in [0.717, 1.165) is 24.9 Å². The number of aliphatic hydroxyl groups is 4. The second-order valence-electron chi connectivity index (χ2n) is 10.3. The van der Waals surface area contributed by atoms with Crippen LogP contribution in [0.2, 0.25) is 64.5 Å². The van der Waals surface area contributed by atoms with E-state index < -0.39 is 46.2 Å². The Morgan fingerprint density at radius 1 is 0.625 bits per heavy atom. The molecule has 0 heterocycles. The van der Waals surface area contributed by atoms with Crippen molar-refractivity contribution in [1.29, 1.82) is 0 Å². The zero-order valence-electron chi connectivity index (χ0n) is 21.3. The van der Waals surface area contributed by atoms with Crippen LogP contribution in [0.1, 0.15) is 12.8 Å². The summed E-state index contributed by atoms with van der Waals surface area (Å²) in [6.07, 6.45) is -0.598. The molecule has 9 nitrogen and oxygen atoms in total. The molecule has 0 aliphatic rings. The van der Waals surface area contributed by atoms with Gasteiger partial charge in [-0.25, -0.2) is 0 Å². The molecule has 4 N–H and O–H groups in total. The maximum atomic E-state index is 9.32. The molecule has 0 amide bonds. The minimum absolute atomic E-state index is 0.0697. The first-order valence-corrected chi connectivity index (χ1v) is 23.3. The van der Waals surface area contributed by atoms with E-state index in [1.807, 2.05) is 0 Å². The fourth-order valence-corrected chi connectivity index (χ4v) is 23.0. The highest BCUT2D eigenvalue weighted by Crippen LogP contribution is 2.27. The molecule has 0 spiro atoms. The standard InChI is InChI=1S/C19H48O9Si4/c1-29(2,13-9-11-24-16-18(21)15-20)26-31(5,6)28-32(7,8)27-30(3,4)14-10-12-25-17-19(22)23/h18-23H,9-17H2,1-8H3. The van der Waals surface area contributed by atoms with Crippen molar-refractivity contribution < 1.29 is 42.2 Å². The largest absolute Gasteiger partial charge is 0.436 e. The summed E-state index contributed by atoms with van der Waals surface area (Å²) in [5.74, 6) is 0. The molecule has 0 aromatic rings. The molecule has 0 aromatic carbocycles. The molecule has 0 saturated heterocycles. The highest BCUT2D eigenvalue weighted by atomic mass is 28.5. The van der Waals surface area contributed by atoms with Crippen LogP contribution in [0.5, 0.6) is 0 Å². The van der Waals surface area contributed by atoms with Crippen LogP contribution < -0.4 is 0 Å². The monoisotopic (exact) mass is 532 g/mol. The lowest BCUT2D eigenvalue weighted by atomic mass is 10.4. The third-order valence-corrected chi connectivity index (χ3v) is 19.9. The molecule has 1 unspecified atom stereocenters. The zero-order chi connectivity index (χ0) is 25.1. The van der Waals surface area contributed by atoms with E-state index >= 15 is 0 Å². The van der Waals surface area contributed by atoms with Gasteiger partial charge < -0.3 is 42.2 Å². The summed E-state index contributed by atoms with van der Waals surface area (Å²) in [7, 11) is -8.71. The molecule has 0 rings (SSSR count). The van der Waals surface area contributed by atoms with Crippen molar-refractivity contribution in [3.05, 3.63) is 0 Å². The van der Waals surface area contributed by atoms with Crippen LogP contribution in [0.3, 0.4) is 0 Å². The molecule has 1 atom stereocenters. The van der Waals surface area contributed by atoms with E-state index in [4.69, 9.17) is 37.1 Å². The third-order valence-electron chi connectivity index (χ3n) is 4.46. The van der Waals surface area contributed by atoms with Gasteiger partial charge in [-0.1, -0.05) is 0 Å². The van der Waals surface area contributed by atoms with E-state index in [-0.39, 0.29) is 19.8 Å². The van der Waals surface area contributed by atoms with Crippen LogP contribution in [-0.4, -0.2) is 99.6 Å². The lowest BCUT2D eigenvalue weighted by Gasteiger charge is -2.41. The van der Waals surface area contributed by atoms with Crippen LogP contribution in [-0.2, 0) is 21.8 Å². The van der Waals surface area contributed by atoms with Gasteiger partial charge in [0.25, 0.3) is 0 Å². The van der Waals surface area contributed by atoms with Crippen LogP contribution in [0.4, 0.5) is 0 Å². The Hall–Kier alpha value is 0.508. The van der Waals surface area contributed by atoms with Crippen LogP contribution in [0.15, 0.2) is 0 Å². The molecule has 0 bridgehead atoms. The van der Waals surface area contributed by atoms with Gasteiger partial charge in [-0.3, -0.25) is 0 Å². The highest BCUT2D eigenvalue weighted by molar-refractivity contribution is 6.89. The molecule has 0 aliphatic carbocycles. The lowest BCUT2D eigenvalue weighted by molar-refractivity contribution is -0.0944. The van der Waals surface area contributed by atoms with Crippen molar-refractivity contribution >= 4 is 33.8 Å². The van der Waals surface area contributed by atoms with Crippen molar-refractivity contribution in [2.75, 3.05) is 33.0 Å². The second-order valence-corrected chi connectivity index (χ2v) is 26.4. The Balaban J connectivity index is 4.50. The van der Waals surface area contributed by atoms with Gasteiger partial charge in [-0.05, 0) is 77.3 Å². The number of hydrogen-bond donors (Lipinski definition) is 4. The van der Waals surface area contributed by atoms with E-state index in [9.17, 15) is 5.11 Å². The summed E-state index contributed by atoms with van der Waals surface area (Å²) in [6.45, 7) is 17.8. The van der Waals surface area contributed by atoms with Crippen molar-refractivity contribution in [2.45, 2.75) is 89.7 Å². The number of ether oxygens (including phenoxy) is 2. The summed E-state index contributed by atoms with van der Waals surface area (Å²) >= 11 is 0. The summed E-state index contributed by atoms with van der Waals surface area (Å²) in [5.41, 5.74) is 0. The van der Waals surface area contributed by atoms with Gasteiger partial charge >= 0.3 is 17.1 Å². The van der Waals surface area contributed by atoms with Gasteiger partial charge in [0.05, 0.1) is 19.8 Å². The molecule has 0 aromatic heterocycles. The van der Waals surface area contributed by atoms with E-state index in [1.165, 1.54) is 0 Å². The molecule has 32 heavy (non-hydrogen) atoms. The summed E-state index contributed by atoms with van der Waals surface area (Å²) in [4.78, 5) is 0. The summed E-state index contributed by atoms with van der Waals surface area (Å²) in [5, 5.41) is 35.8. The van der Waals surface area contributed by atoms with Gasteiger partial charge in [0, 0.05) is 13.2 Å². The Morgan fingerprint density at radius 3 is 1.41 bits per heavy atom. The molecule has 0 fully saturated rings. The molecule has 0 radical (unpaired) electrons. The van der Waals surface area contributed by atoms with Crippen molar-refractivity contribution in [1.82, 2.24) is 0 Å². The highest BCUT2D eigenvalue weighted by Gasteiger charge is 2.43.